The van der Waals surface area contributed by atoms with Crippen molar-refractivity contribution < 1.29 is 9.53 Å². The second kappa shape index (κ2) is 8.11. The van der Waals surface area contributed by atoms with Crippen LogP contribution in [0.4, 0.5) is 0 Å². The van der Waals surface area contributed by atoms with Crippen molar-refractivity contribution >= 4 is 17.2 Å². The highest BCUT2D eigenvalue weighted by molar-refractivity contribution is 7.09. The second-order valence-electron chi connectivity index (χ2n) is 5.81. The minimum Gasteiger partial charge on any atom is -0.486 e. The Labute approximate surface area is 142 Å². The average Bonchev–Trinajstić information content (AvgIpc) is 2.97. The van der Waals surface area contributed by atoms with Gasteiger partial charge in [-0.15, -0.1) is 11.3 Å². The van der Waals surface area contributed by atoms with Crippen LogP contribution in [0.2, 0.25) is 0 Å². The normalized spacial score (nSPS) is 10.8. The van der Waals surface area contributed by atoms with Crippen LogP contribution in [-0.4, -0.2) is 21.8 Å². The summed E-state index contributed by atoms with van der Waals surface area (Å²) in [5.74, 6) is 1.01. The van der Waals surface area contributed by atoms with Crippen molar-refractivity contribution in [2.75, 3.05) is 0 Å². The number of thiazole rings is 1. The van der Waals surface area contributed by atoms with Gasteiger partial charge in [0, 0.05) is 17.8 Å². The van der Waals surface area contributed by atoms with E-state index in [2.05, 4.69) is 4.98 Å². The smallest absolute Gasteiger partial charge is 0.222 e. The van der Waals surface area contributed by atoms with Crippen LogP contribution in [0.25, 0.3) is 0 Å². The zero-order valence-electron chi connectivity index (χ0n) is 14.2. The number of ether oxygens (including phenoxy) is 1. The van der Waals surface area contributed by atoms with Crippen molar-refractivity contribution in [2.45, 2.75) is 53.3 Å². The Morgan fingerprint density at radius 2 is 2.17 bits per heavy atom. The first kappa shape index (κ1) is 17.5. The number of rotatable bonds is 7. The van der Waals surface area contributed by atoms with Crippen LogP contribution in [-0.2, 0) is 17.9 Å². The summed E-state index contributed by atoms with van der Waals surface area (Å²) < 4.78 is 5.77. The summed E-state index contributed by atoms with van der Waals surface area (Å²) in [7, 11) is 0. The molecule has 0 aliphatic heterocycles. The molecule has 0 bridgehead atoms. The van der Waals surface area contributed by atoms with Crippen LogP contribution in [0, 0.1) is 6.92 Å². The van der Waals surface area contributed by atoms with Crippen molar-refractivity contribution in [3.8, 4) is 5.75 Å². The van der Waals surface area contributed by atoms with E-state index in [1.807, 2.05) is 62.2 Å². The van der Waals surface area contributed by atoms with Gasteiger partial charge in [0.25, 0.3) is 0 Å². The van der Waals surface area contributed by atoms with Crippen LogP contribution in [0.1, 0.15) is 43.5 Å². The molecule has 1 aromatic heterocycles. The van der Waals surface area contributed by atoms with Gasteiger partial charge in [-0.1, -0.05) is 19.1 Å². The highest BCUT2D eigenvalue weighted by Crippen LogP contribution is 2.18. The highest BCUT2D eigenvalue weighted by atomic mass is 32.1. The van der Waals surface area contributed by atoms with Gasteiger partial charge >= 0.3 is 0 Å². The molecule has 0 atom stereocenters. The lowest BCUT2D eigenvalue weighted by Gasteiger charge is -2.25. The Morgan fingerprint density at radius 1 is 1.39 bits per heavy atom. The maximum Gasteiger partial charge on any atom is 0.222 e. The van der Waals surface area contributed by atoms with Crippen LogP contribution in [0.15, 0.2) is 29.6 Å². The van der Waals surface area contributed by atoms with E-state index in [4.69, 9.17) is 4.74 Å². The molecule has 0 aliphatic rings. The molecule has 0 fully saturated rings. The molecule has 4 nitrogen and oxygen atoms in total. The Morgan fingerprint density at radius 3 is 2.83 bits per heavy atom. The lowest BCUT2D eigenvalue weighted by atomic mass is 10.2. The predicted octanol–water partition coefficient (Wildman–Crippen LogP) is 4.18. The molecule has 0 aliphatic carbocycles. The van der Waals surface area contributed by atoms with Gasteiger partial charge in [0.05, 0.1) is 12.2 Å². The fourth-order valence-corrected chi connectivity index (χ4v) is 2.97. The molecule has 5 heteroatoms. The lowest BCUT2D eigenvalue weighted by Crippen LogP contribution is -2.35. The zero-order valence-corrected chi connectivity index (χ0v) is 15.0. The van der Waals surface area contributed by atoms with Crippen LogP contribution in [0.5, 0.6) is 5.75 Å². The minimum absolute atomic E-state index is 0.158. The van der Waals surface area contributed by atoms with Gasteiger partial charge in [0.2, 0.25) is 5.91 Å². The van der Waals surface area contributed by atoms with Gasteiger partial charge in [0.15, 0.2) is 0 Å². The number of carbonyl (C=O) groups is 1. The zero-order chi connectivity index (χ0) is 16.8. The number of nitrogens with zero attached hydrogens (tertiary/aromatic N) is 2. The molecule has 1 heterocycles. The number of benzene rings is 1. The van der Waals surface area contributed by atoms with Crippen molar-refractivity contribution in [2.24, 2.45) is 0 Å². The van der Waals surface area contributed by atoms with Gasteiger partial charge in [-0.2, -0.15) is 0 Å². The third-order valence-electron chi connectivity index (χ3n) is 3.53. The van der Waals surface area contributed by atoms with Crippen LogP contribution >= 0.6 is 11.3 Å². The van der Waals surface area contributed by atoms with E-state index >= 15 is 0 Å². The Kier molecular flexibility index (Phi) is 6.16. The molecule has 0 N–H and O–H groups in total. The Hall–Kier alpha value is -1.88. The first-order chi connectivity index (χ1) is 11.0. The summed E-state index contributed by atoms with van der Waals surface area (Å²) in [5.41, 5.74) is 2.10. The molecular formula is C18H24N2O2S. The largest absolute Gasteiger partial charge is 0.486 e. The Bertz CT molecular complexity index is 652. The quantitative estimate of drug-likeness (QED) is 0.764. The molecular weight excluding hydrogens is 308 g/mol. The van der Waals surface area contributed by atoms with Crippen LogP contribution < -0.4 is 4.74 Å². The van der Waals surface area contributed by atoms with Crippen molar-refractivity contribution in [3.63, 3.8) is 0 Å². The molecule has 124 valence electrons. The average molecular weight is 332 g/mol. The van der Waals surface area contributed by atoms with E-state index in [-0.39, 0.29) is 11.9 Å². The van der Waals surface area contributed by atoms with E-state index in [1.165, 1.54) is 5.56 Å². The van der Waals surface area contributed by atoms with Crippen molar-refractivity contribution in [1.82, 2.24) is 9.88 Å². The molecule has 0 spiro atoms. The van der Waals surface area contributed by atoms with E-state index < -0.39 is 0 Å². The number of hydrogen-bond acceptors (Lipinski definition) is 4. The number of amides is 1. The summed E-state index contributed by atoms with van der Waals surface area (Å²) in [5, 5.41) is 2.93. The van der Waals surface area contributed by atoms with E-state index in [0.29, 0.717) is 19.6 Å². The first-order valence-electron chi connectivity index (χ1n) is 7.91. The number of hydrogen-bond donors (Lipinski definition) is 0. The summed E-state index contributed by atoms with van der Waals surface area (Å²) in [4.78, 5) is 18.4. The summed E-state index contributed by atoms with van der Waals surface area (Å²) in [6.07, 6.45) is 0.519. The molecule has 0 unspecified atom stereocenters. The van der Waals surface area contributed by atoms with Gasteiger partial charge in [0.1, 0.15) is 17.4 Å². The standard InChI is InChI=1S/C18H24N2O2S/c1-5-18(21)20(13(2)3)10-15-12-23-17(19-15)11-22-16-8-6-7-14(4)9-16/h6-9,12-13H,5,10-11H2,1-4H3. The molecule has 0 saturated carbocycles. The second-order valence-corrected chi connectivity index (χ2v) is 6.75. The number of carbonyl (C=O) groups excluding carboxylic acids is 1. The third kappa shape index (κ3) is 5.06. The molecule has 0 saturated heterocycles. The molecule has 1 aromatic carbocycles. The molecule has 23 heavy (non-hydrogen) atoms. The van der Waals surface area contributed by atoms with Gasteiger partial charge < -0.3 is 9.64 Å². The molecule has 1 amide bonds. The lowest BCUT2D eigenvalue weighted by molar-refractivity contribution is -0.133. The summed E-state index contributed by atoms with van der Waals surface area (Å²) in [6.45, 7) is 9.01. The summed E-state index contributed by atoms with van der Waals surface area (Å²) >= 11 is 1.57. The maximum absolute atomic E-state index is 12.0. The third-order valence-corrected chi connectivity index (χ3v) is 4.40. The van der Waals surface area contributed by atoms with Crippen molar-refractivity contribution in [3.05, 3.63) is 45.9 Å². The van der Waals surface area contributed by atoms with Crippen molar-refractivity contribution in [1.29, 1.82) is 0 Å². The summed E-state index contributed by atoms with van der Waals surface area (Å²) in [6, 6.07) is 8.15. The minimum atomic E-state index is 0.158. The highest BCUT2D eigenvalue weighted by Gasteiger charge is 2.17. The Balaban J connectivity index is 1.96. The topological polar surface area (TPSA) is 42.4 Å². The maximum atomic E-state index is 12.0. The van der Waals surface area contributed by atoms with Gasteiger partial charge in [-0.3, -0.25) is 4.79 Å². The molecule has 2 rings (SSSR count). The van der Waals surface area contributed by atoms with Gasteiger partial charge in [-0.25, -0.2) is 4.98 Å². The van der Waals surface area contributed by atoms with Gasteiger partial charge in [-0.05, 0) is 38.5 Å². The number of aromatic nitrogens is 1. The number of aryl methyl sites for hydroxylation is 1. The fraction of sp³-hybridized carbons (Fsp3) is 0.444. The van der Waals surface area contributed by atoms with Crippen LogP contribution in [0.3, 0.4) is 0 Å². The SMILES string of the molecule is CCC(=O)N(Cc1csc(COc2cccc(C)c2)n1)C(C)C. The van der Waals surface area contributed by atoms with E-state index in [9.17, 15) is 4.79 Å². The van der Waals surface area contributed by atoms with E-state index in [1.54, 1.807) is 11.3 Å². The fourth-order valence-electron chi connectivity index (χ4n) is 2.27. The predicted molar refractivity (Wildman–Crippen MR) is 93.6 cm³/mol. The van der Waals surface area contributed by atoms with E-state index in [0.717, 1.165) is 16.5 Å². The monoisotopic (exact) mass is 332 g/mol. The first-order valence-corrected chi connectivity index (χ1v) is 8.79. The molecule has 2 aromatic rings. The molecule has 0 radical (unpaired) electrons.